The van der Waals surface area contributed by atoms with Crippen LogP contribution < -0.4 is 10.6 Å². The Morgan fingerprint density at radius 3 is 2.83 bits per heavy atom. The minimum Gasteiger partial charge on any atom is -0.393 e. The highest BCUT2D eigenvalue weighted by molar-refractivity contribution is 5.80. The summed E-state index contributed by atoms with van der Waals surface area (Å²) >= 11 is 0. The summed E-state index contributed by atoms with van der Waals surface area (Å²) in [4.78, 5) is 4.59. The van der Waals surface area contributed by atoms with Crippen molar-refractivity contribution < 1.29 is 9.50 Å². The standard InChI is InChI=1S/C18H28FN3O/c1-4-20-18(21-11-15-6-5-7-17(15)23)22-13(3)14-9-8-12(2)16(19)10-14/h8-10,13,15,17,23H,4-7,11H2,1-3H3,(H2,20,21,22). The summed E-state index contributed by atoms with van der Waals surface area (Å²) in [6, 6.07) is 5.25. The number of rotatable bonds is 5. The number of aliphatic hydroxyl groups is 1. The quantitative estimate of drug-likeness (QED) is 0.577. The van der Waals surface area contributed by atoms with Gasteiger partial charge in [-0.05, 0) is 50.8 Å². The van der Waals surface area contributed by atoms with Crippen LogP contribution in [-0.2, 0) is 0 Å². The Morgan fingerprint density at radius 2 is 2.22 bits per heavy atom. The van der Waals surface area contributed by atoms with Crippen LogP contribution in [0.15, 0.2) is 23.2 Å². The molecule has 0 radical (unpaired) electrons. The van der Waals surface area contributed by atoms with Gasteiger partial charge in [0.2, 0.25) is 0 Å². The fourth-order valence-corrected chi connectivity index (χ4v) is 2.93. The van der Waals surface area contributed by atoms with E-state index < -0.39 is 0 Å². The monoisotopic (exact) mass is 321 g/mol. The second-order valence-electron chi connectivity index (χ2n) is 6.35. The van der Waals surface area contributed by atoms with Gasteiger partial charge in [0, 0.05) is 19.0 Å². The minimum atomic E-state index is -0.231. The van der Waals surface area contributed by atoms with Crippen LogP contribution in [0, 0.1) is 18.7 Å². The number of hydrogen-bond acceptors (Lipinski definition) is 2. The van der Waals surface area contributed by atoms with Gasteiger partial charge in [0.25, 0.3) is 0 Å². The largest absolute Gasteiger partial charge is 0.393 e. The molecule has 1 saturated carbocycles. The zero-order valence-corrected chi connectivity index (χ0v) is 14.3. The van der Waals surface area contributed by atoms with Crippen molar-refractivity contribution in [1.82, 2.24) is 10.6 Å². The molecule has 0 aliphatic heterocycles. The Bertz CT molecular complexity index is 547. The van der Waals surface area contributed by atoms with E-state index in [2.05, 4.69) is 15.6 Å². The molecule has 0 bridgehead atoms. The van der Waals surface area contributed by atoms with Crippen molar-refractivity contribution in [2.75, 3.05) is 13.1 Å². The van der Waals surface area contributed by atoms with Crippen LogP contribution in [0.2, 0.25) is 0 Å². The van der Waals surface area contributed by atoms with E-state index in [1.807, 2.05) is 19.9 Å². The zero-order chi connectivity index (χ0) is 16.8. The lowest BCUT2D eigenvalue weighted by molar-refractivity contribution is 0.136. The van der Waals surface area contributed by atoms with Crippen molar-refractivity contribution in [1.29, 1.82) is 0 Å². The molecule has 128 valence electrons. The Kier molecular flexibility index (Phi) is 6.39. The second kappa shape index (κ2) is 8.29. The van der Waals surface area contributed by atoms with Crippen molar-refractivity contribution in [2.24, 2.45) is 10.9 Å². The van der Waals surface area contributed by atoms with E-state index >= 15 is 0 Å². The molecule has 23 heavy (non-hydrogen) atoms. The summed E-state index contributed by atoms with van der Waals surface area (Å²) in [6.07, 6.45) is 2.75. The molecule has 0 amide bonds. The number of aryl methyl sites for hydroxylation is 1. The van der Waals surface area contributed by atoms with Crippen molar-refractivity contribution in [3.8, 4) is 0 Å². The molecule has 4 nitrogen and oxygen atoms in total. The third-order valence-corrected chi connectivity index (χ3v) is 4.50. The maximum absolute atomic E-state index is 13.7. The Hall–Kier alpha value is -1.62. The third kappa shape index (κ3) is 4.93. The topological polar surface area (TPSA) is 56.7 Å². The highest BCUT2D eigenvalue weighted by atomic mass is 19.1. The first-order valence-electron chi connectivity index (χ1n) is 8.50. The van der Waals surface area contributed by atoms with E-state index in [9.17, 15) is 9.50 Å². The predicted octanol–water partition coefficient (Wildman–Crippen LogP) is 2.91. The average molecular weight is 321 g/mol. The number of hydrogen-bond donors (Lipinski definition) is 3. The molecule has 2 rings (SSSR count). The lowest BCUT2D eigenvalue weighted by Gasteiger charge is -2.19. The number of guanidine groups is 1. The van der Waals surface area contributed by atoms with Gasteiger partial charge in [-0.25, -0.2) is 4.39 Å². The number of benzene rings is 1. The molecule has 1 aromatic rings. The predicted molar refractivity (Wildman–Crippen MR) is 92.0 cm³/mol. The number of aliphatic imine (C=N–C) groups is 1. The smallest absolute Gasteiger partial charge is 0.191 e. The molecule has 1 aliphatic carbocycles. The molecule has 0 aromatic heterocycles. The molecule has 3 N–H and O–H groups in total. The van der Waals surface area contributed by atoms with E-state index in [0.29, 0.717) is 18.1 Å². The van der Waals surface area contributed by atoms with Crippen molar-refractivity contribution in [3.05, 3.63) is 35.1 Å². The van der Waals surface area contributed by atoms with Crippen molar-refractivity contribution in [3.63, 3.8) is 0 Å². The van der Waals surface area contributed by atoms with Gasteiger partial charge in [-0.15, -0.1) is 0 Å². The molecule has 1 fully saturated rings. The lowest BCUT2D eigenvalue weighted by atomic mass is 10.1. The second-order valence-corrected chi connectivity index (χ2v) is 6.35. The van der Waals surface area contributed by atoms with Gasteiger partial charge in [0.1, 0.15) is 5.82 Å². The third-order valence-electron chi connectivity index (χ3n) is 4.50. The summed E-state index contributed by atoms with van der Waals surface area (Å²) in [5.74, 6) is 0.768. The summed E-state index contributed by atoms with van der Waals surface area (Å²) < 4.78 is 13.7. The molecule has 0 saturated heterocycles. The van der Waals surface area contributed by atoms with Crippen molar-refractivity contribution >= 4 is 5.96 Å². The molecular weight excluding hydrogens is 293 g/mol. The normalized spacial score (nSPS) is 22.9. The van der Waals surface area contributed by atoms with E-state index in [4.69, 9.17) is 0 Å². The number of nitrogens with zero attached hydrogens (tertiary/aromatic N) is 1. The number of halogens is 1. The van der Waals surface area contributed by atoms with Gasteiger partial charge in [0.05, 0.1) is 12.1 Å². The van der Waals surface area contributed by atoms with E-state index in [0.717, 1.165) is 31.4 Å². The van der Waals surface area contributed by atoms with E-state index in [1.165, 1.54) is 0 Å². The van der Waals surface area contributed by atoms with Gasteiger partial charge < -0.3 is 15.7 Å². The number of aliphatic hydroxyl groups excluding tert-OH is 1. The van der Waals surface area contributed by atoms with Gasteiger partial charge in [-0.2, -0.15) is 0 Å². The Labute approximate surface area is 138 Å². The molecule has 3 atom stereocenters. The molecule has 5 heteroatoms. The Morgan fingerprint density at radius 1 is 1.43 bits per heavy atom. The molecule has 0 heterocycles. The average Bonchev–Trinajstić information content (AvgIpc) is 2.93. The van der Waals surface area contributed by atoms with Gasteiger partial charge in [0.15, 0.2) is 5.96 Å². The first-order valence-corrected chi connectivity index (χ1v) is 8.50. The molecular formula is C18H28FN3O. The van der Waals surface area contributed by atoms with Gasteiger partial charge >= 0.3 is 0 Å². The van der Waals surface area contributed by atoms with E-state index in [-0.39, 0.29) is 23.9 Å². The summed E-state index contributed by atoms with van der Waals surface area (Å²) in [7, 11) is 0. The van der Waals surface area contributed by atoms with Crippen LogP contribution in [0.4, 0.5) is 4.39 Å². The first kappa shape index (κ1) is 17.7. The highest BCUT2D eigenvalue weighted by Crippen LogP contribution is 2.25. The SMILES string of the molecule is CCNC(=NCC1CCCC1O)NC(C)c1ccc(C)c(F)c1. The molecule has 3 unspecified atom stereocenters. The summed E-state index contributed by atoms with van der Waals surface area (Å²) in [5.41, 5.74) is 1.54. The first-order chi connectivity index (χ1) is 11.0. The van der Waals surface area contributed by atoms with Gasteiger partial charge in [-0.1, -0.05) is 18.6 Å². The zero-order valence-electron chi connectivity index (χ0n) is 14.3. The van der Waals surface area contributed by atoms with Crippen LogP contribution in [0.3, 0.4) is 0 Å². The summed E-state index contributed by atoms with van der Waals surface area (Å²) in [5, 5.41) is 16.4. The Balaban J connectivity index is 2.00. The van der Waals surface area contributed by atoms with Crippen LogP contribution in [0.1, 0.15) is 50.3 Å². The molecule has 1 aliphatic rings. The fraction of sp³-hybridized carbons (Fsp3) is 0.611. The highest BCUT2D eigenvalue weighted by Gasteiger charge is 2.24. The maximum atomic E-state index is 13.7. The number of nitrogens with one attached hydrogen (secondary N) is 2. The van der Waals surface area contributed by atoms with Crippen LogP contribution >= 0.6 is 0 Å². The molecule has 0 spiro atoms. The summed E-state index contributed by atoms with van der Waals surface area (Å²) in [6.45, 7) is 7.13. The van der Waals surface area contributed by atoms with Crippen LogP contribution in [0.25, 0.3) is 0 Å². The van der Waals surface area contributed by atoms with Gasteiger partial charge in [-0.3, -0.25) is 4.99 Å². The lowest BCUT2D eigenvalue weighted by Crippen LogP contribution is -2.39. The van der Waals surface area contributed by atoms with Crippen LogP contribution in [0.5, 0.6) is 0 Å². The van der Waals surface area contributed by atoms with Crippen molar-refractivity contribution in [2.45, 2.75) is 52.2 Å². The molecule has 1 aromatic carbocycles. The fourth-order valence-electron chi connectivity index (χ4n) is 2.93. The minimum absolute atomic E-state index is 0.0450. The van der Waals surface area contributed by atoms with Crippen LogP contribution in [-0.4, -0.2) is 30.3 Å². The maximum Gasteiger partial charge on any atom is 0.191 e. The van der Waals surface area contributed by atoms with E-state index in [1.54, 1.807) is 19.1 Å².